The minimum Gasteiger partial charge on any atom is -0.469 e. The molecule has 0 saturated heterocycles. The van der Waals surface area contributed by atoms with Gasteiger partial charge in [0, 0.05) is 12.5 Å². The molecule has 0 radical (unpaired) electrons. The Morgan fingerprint density at radius 2 is 2.00 bits per heavy atom. The van der Waals surface area contributed by atoms with Crippen molar-refractivity contribution in [3.63, 3.8) is 0 Å². The van der Waals surface area contributed by atoms with E-state index >= 15 is 0 Å². The first-order valence-corrected chi connectivity index (χ1v) is 6.02. The van der Waals surface area contributed by atoms with Crippen LogP contribution in [0.4, 0.5) is 0 Å². The molecule has 0 spiro atoms. The van der Waals surface area contributed by atoms with Crippen molar-refractivity contribution in [2.45, 2.75) is 32.7 Å². The summed E-state index contributed by atoms with van der Waals surface area (Å²) in [7, 11) is 0. The SMILES string of the molecule is Cc1cccc(C(N)CCc2ccco2)c1C. The van der Waals surface area contributed by atoms with Gasteiger partial charge in [0.15, 0.2) is 0 Å². The monoisotopic (exact) mass is 229 g/mol. The summed E-state index contributed by atoms with van der Waals surface area (Å²) in [5.41, 5.74) is 10.1. The van der Waals surface area contributed by atoms with Crippen molar-refractivity contribution in [3.05, 3.63) is 59.0 Å². The van der Waals surface area contributed by atoms with Crippen LogP contribution in [0.25, 0.3) is 0 Å². The molecular weight excluding hydrogens is 210 g/mol. The van der Waals surface area contributed by atoms with Crippen LogP contribution >= 0.6 is 0 Å². The van der Waals surface area contributed by atoms with Crippen molar-refractivity contribution < 1.29 is 4.42 Å². The molecule has 1 atom stereocenters. The highest BCUT2D eigenvalue weighted by molar-refractivity contribution is 5.35. The van der Waals surface area contributed by atoms with E-state index in [0.29, 0.717) is 0 Å². The summed E-state index contributed by atoms with van der Waals surface area (Å²) in [6, 6.07) is 10.3. The van der Waals surface area contributed by atoms with Gasteiger partial charge in [-0.25, -0.2) is 0 Å². The van der Waals surface area contributed by atoms with Gasteiger partial charge in [0.25, 0.3) is 0 Å². The van der Waals surface area contributed by atoms with E-state index in [-0.39, 0.29) is 6.04 Å². The zero-order chi connectivity index (χ0) is 12.3. The molecule has 2 nitrogen and oxygen atoms in total. The maximum Gasteiger partial charge on any atom is 0.103 e. The topological polar surface area (TPSA) is 39.2 Å². The molecule has 2 heteroatoms. The van der Waals surface area contributed by atoms with Gasteiger partial charge in [0.1, 0.15) is 5.76 Å². The zero-order valence-corrected chi connectivity index (χ0v) is 10.4. The second kappa shape index (κ2) is 5.19. The summed E-state index contributed by atoms with van der Waals surface area (Å²) in [6.45, 7) is 4.26. The fraction of sp³-hybridized carbons (Fsp3) is 0.333. The van der Waals surface area contributed by atoms with Crippen LogP contribution < -0.4 is 5.73 Å². The Hall–Kier alpha value is -1.54. The van der Waals surface area contributed by atoms with Crippen LogP contribution in [0.3, 0.4) is 0 Å². The number of nitrogens with two attached hydrogens (primary N) is 1. The Morgan fingerprint density at radius 3 is 2.71 bits per heavy atom. The third-order valence-corrected chi connectivity index (χ3v) is 3.33. The van der Waals surface area contributed by atoms with E-state index in [9.17, 15) is 0 Å². The predicted molar refractivity (Wildman–Crippen MR) is 69.9 cm³/mol. The lowest BCUT2D eigenvalue weighted by Gasteiger charge is -2.15. The first kappa shape index (κ1) is 11.9. The molecular formula is C15H19NO. The lowest BCUT2D eigenvalue weighted by Crippen LogP contribution is -2.13. The summed E-state index contributed by atoms with van der Waals surface area (Å²) in [4.78, 5) is 0. The van der Waals surface area contributed by atoms with Crippen molar-refractivity contribution >= 4 is 0 Å². The van der Waals surface area contributed by atoms with Crippen LogP contribution in [-0.4, -0.2) is 0 Å². The predicted octanol–water partition coefficient (Wildman–Crippen LogP) is 3.53. The van der Waals surface area contributed by atoms with Gasteiger partial charge in [-0.2, -0.15) is 0 Å². The van der Waals surface area contributed by atoms with Gasteiger partial charge in [0.2, 0.25) is 0 Å². The second-order valence-corrected chi connectivity index (χ2v) is 4.51. The molecule has 0 bridgehead atoms. The van der Waals surface area contributed by atoms with E-state index in [4.69, 9.17) is 10.2 Å². The van der Waals surface area contributed by atoms with E-state index in [1.165, 1.54) is 16.7 Å². The van der Waals surface area contributed by atoms with Gasteiger partial charge in [-0.05, 0) is 49.1 Å². The van der Waals surface area contributed by atoms with E-state index in [0.717, 1.165) is 18.6 Å². The van der Waals surface area contributed by atoms with Gasteiger partial charge in [-0.3, -0.25) is 0 Å². The van der Waals surface area contributed by atoms with E-state index in [2.05, 4.69) is 32.0 Å². The highest BCUT2D eigenvalue weighted by Crippen LogP contribution is 2.22. The smallest absolute Gasteiger partial charge is 0.103 e. The summed E-state index contributed by atoms with van der Waals surface area (Å²) in [6.07, 6.45) is 3.51. The van der Waals surface area contributed by atoms with Crippen LogP contribution in [0.15, 0.2) is 41.0 Å². The Balaban J connectivity index is 2.04. The maximum atomic E-state index is 6.24. The van der Waals surface area contributed by atoms with Crippen molar-refractivity contribution in [3.8, 4) is 0 Å². The van der Waals surface area contributed by atoms with Gasteiger partial charge in [-0.15, -0.1) is 0 Å². The number of rotatable bonds is 4. The van der Waals surface area contributed by atoms with Crippen LogP contribution in [0.2, 0.25) is 0 Å². The van der Waals surface area contributed by atoms with Crippen molar-refractivity contribution in [1.29, 1.82) is 0 Å². The third-order valence-electron chi connectivity index (χ3n) is 3.33. The fourth-order valence-corrected chi connectivity index (χ4v) is 2.08. The maximum absolute atomic E-state index is 6.24. The molecule has 0 fully saturated rings. The van der Waals surface area contributed by atoms with Gasteiger partial charge < -0.3 is 10.2 Å². The molecule has 90 valence electrons. The molecule has 2 rings (SSSR count). The highest BCUT2D eigenvalue weighted by Gasteiger charge is 2.10. The van der Waals surface area contributed by atoms with Gasteiger partial charge in [-0.1, -0.05) is 18.2 Å². The van der Waals surface area contributed by atoms with Crippen LogP contribution in [-0.2, 0) is 6.42 Å². The molecule has 17 heavy (non-hydrogen) atoms. The lowest BCUT2D eigenvalue weighted by atomic mass is 9.95. The summed E-state index contributed by atoms with van der Waals surface area (Å²) in [5, 5.41) is 0. The number of aryl methyl sites for hydroxylation is 2. The van der Waals surface area contributed by atoms with Crippen molar-refractivity contribution in [2.75, 3.05) is 0 Å². The number of benzene rings is 1. The quantitative estimate of drug-likeness (QED) is 0.871. The molecule has 0 aliphatic rings. The minimum absolute atomic E-state index is 0.0833. The number of furan rings is 1. The van der Waals surface area contributed by atoms with Crippen LogP contribution in [0.1, 0.15) is 34.9 Å². The Labute approximate surface area is 102 Å². The Kier molecular flexibility index (Phi) is 3.64. The van der Waals surface area contributed by atoms with Crippen LogP contribution in [0.5, 0.6) is 0 Å². The zero-order valence-electron chi connectivity index (χ0n) is 10.4. The van der Waals surface area contributed by atoms with Gasteiger partial charge >= 0.3 is 0 Å². The normalized spacial score (nSPS) is 12.6. The molecule has 2 N–H and O–H groups in total. The summed E-state index contributed by atoms with van der Waals surface area (Å²) < 4.78 is 5.32. The molecule has 0 amide bonds. The molecule has 1 aromatic heterocycles. The largest absolute Gasteiger partial charge is 0.469 e. The number of hydrogen-bond donors (Lipinski definition) is 1. The average Bonchev–Trinajstić information content (AvgIpc) is 2.82. The van der Waals surface area contributed by atoms with Crippen molar-refractivity contribution in [1.82, 2.24) is 0 Å². The van der Waals surface area contributed by atoms with E-state index < -0.39 is 0 Å². The molecule has 1 aromatic carbocycles. The first-order chi connectivity index (χ1) is 8.18. The minimum atomic E-state index is 0.0833. The molecule has 0 aliphatic carbocycles. The standard InChI is InChI=1S/C15H19NO/c1-11-5-3-7-14(12(11)2)15(16)9-8-13-6-4-10-17-13/h3-7,10,15H,8-9,16H2,1-2H3. The Morgan fingerprint density at radius 1 is 1.18 bits per heavy atom. The molecule has 1 heterocycles. The summed E-state index contributed by atoms with van der Waals surface area (Å²) >= 11 is 0. The van der Waals surface area contributed by atoms with Crippen LogP contribution in [0, 0.1) is 13.8 Å². The van der Waals surface area contributed by atoms with Crippen molar-refractivity contribution in [2.24, 2.45) is 5.73 Å². The second-order valence-electron chi connectivity index (χ2n) is 4.51. The molecule has 0 aliphatic heterocycles. The van der Waals surface area contributed by atoms with E-state index in [1.807, 2.05) is 12.1 Å². The first-order valence-electron chi connectivity index (χ1n) is 6.02. The lowest BCUT2D eigenvalue weighted by molar-refractivity contribution is 0.488. The highest BCUT2D eigenvalue weighted by atomic mass is 16.3. The fourth-order valence-electron chi connectivity index (χ4n) is 2.08. The number of hydrogen-bond acceptors (Lipinski definition) is 2. The van der Waals surface area contributed by atoms with E-state index in [1.54, 1.807) is 6.26 Å². The molecule has 2 aromatic rings. The molecule has 0 saturated carbocycles. The van der Waals surface area contributed by atoms with Gasteiger partial charge in [0.05, 0.1) is 6.26 Å². The Bertz CT molecular complexity index is 474. The average molecular weight is 229 g/mol. The third kappa shape index (κ3) is 2.77. The summed E-state index contributed by atoms with van der Waals surface area (Å²) in [5.74, 6) is 1.01. The molecule has 1 unspecified atom stereocenters.